The number of nitrogens with one attached hydrogen (secondary N) is 1. The first-order valence-electron chi connectivity index (χ1n) is 8.61. The van der Waals surface area contributed by atoms with Gasteiger partial charge in [-0.1, -0.05) is 24.3 Å². The van der Waals surface area contributed by atoms with Gasteiger partial charge in [-0.15, -0.1) is 0 Å². The predicted molar refractivity (Wildman–Crippen MR) is 112 cm³/mol. The SMILES string of the molecule is COc1cnc2nc(-c3ccc(C)c(NC(=O)c4ccccc4Br)c3)cn2c1. The molecule has 7 heteroatoms. The number of aromatic nitrogens is 3. The highest BCUT2D eigenvalue weighted by Gasteiger charge is 2.13. The molecule has 0 aliphatic heterocycles. The highest BCUT2D eigenvalue weighted by Crippen LogP contribution is 2.26. The van der Waals surface area contributed by atoms with Crippen LogP contribution in [0, 0.1) is 6.92 Å². The van der Waals surface area contributed by atoms with E-state index in [4.69, 9.17) is 4.74 Å². The summed E-state index contributed by atoms with van der Waals surface area (Å²) in [7, 11) is 1.60. The molecule has 0 atom stereocenters. The molecule has 0 aliphatic carbocycles. The maximum absolute atomic E-state index is 12.7. The zero-order valence-corrected chi connectivity index (χ0v) is 16.9. The molecule has 0 saturated heterocycles. The second-order valence-corrected chi connectivity index (χ2v) is 7.15. The number of hydrogen-bond donors (Lipinski definition) is 1. The summed E-state index contributed by atoms with van der Waals surface area (Å²) in [6.07, 6.45) is 5.34. The van der Waals surface area contributed by atoms with Gasteiger partial charge < -0.3 is 10.1 Å². The van der Waals surface area contributed by atoms with Crippen LogP contribution in [-0.4, -0.2) is 27.4 Å². The summed E-state index contributed by atoms with van der Waals surface area (Å²) in [6, 6.07) is 13.2. The third-order valence-corrected chi connectivity index (χ3v) is 5.11. The van der Waals surface area contributed by atoms with Crippen LogP contribution >= 0.6 is 15.9 Å². The fourth-order valence-corrected chi connectivity index (χ4v) is 3.33. The van der Waals surface area contributed by atoms with E-state index in [9.17, 15) is 4.79 Å². The van der Waals surface area contributed by atoms with E-state index in [2.05, 4.69) is 31.2 Å². The van der Waals surface area contributed by atoms with Crippen LogP contribution in [0.15, 0.2) is 65.5 Å². The number of fused-ring (bicyclic) bond motifs is 1. The molecule has 4 rings (SSSR count). The van der Waals surface area contributed by atoms with Gasteiger partial charge in [0.25, 0.3) is 5.91 Å². The Morgan fingerprint density at radius 1 is 1.18 bits per heavy atom. The number of hydrogen-bond acceptors (Lipinski definition) is 4. The van der Waals surface area contributed by atoms with Crippen molar-refractivity contribution in [3.63, 3.8) is 0 Å². The first kappa shape index (κ1) is 18.2. The Labute approximate surface area is 170 Å². The standard InChI is InChI=1S/C21H17BrN4O2/c1-13-7-8-14(19-12-26-11-15(28-2)10-23-21(26)25-19)9-18(13)24-20(27)16-5-3-4-6-17(16)22/h3-12H,1-2H3,(H,24,27). The number of benzene rings is 2. The highest BCUT2D eigenvalue weighted by molar-refractivity contribution is 9.10. The molecule has 1 N–H and O–H groups in total. The van der Waals surface area contributed by atoms with Crippen molar-refractivity contribution in [1.82, 2.24) is 14.4 Å². The third-order valence-electron chi connectivity index (χ3n) is 4.42. The van der Waals surface area contributed by atoms with Crippen molar-refractivity contribution in [1.29, 1.82) is 0 Å². The molecule has 2 heterocycles. The highest BCUT2D eigenvalue weighted by atomic mass is 79.9. The number of amides is 1. The van der Waals surface area contributed by atoms with Gasteiger partial charge in [0.05, 0.1) is 30.8 Å². The molecule has 2 aromatic heterocycles. The predicted octanol–water partition coefficient (Wildman–Crippen LogP) is 4.73. The molecule has 28 heavy (non-hydrogen) atoms. The number of imidazole rings is 1. The van der Waals surface area contributed by atoms with Gasteiger partial charge in [-0.2, -0.15) is 0 Å². The molecule has 6 nitrogen and oxygen atoms in total. The van der Waals surface area contributed by atoms with Crippen LogP contribution in [0.4, 0.5) is 5.69 Å². The van der Waals surface area contributed by atoms with E-state index >= 15 is 0 Å². The molecule has 0 fully saturated rings. The molecule has 0 spiro atoms. The van der Waals surface area contributed by atoms with E-state index in [1.807, 2.05) is 60.1 Å². The fraction of sp³-hybridized carbons (Fsp3) is 0.0952. The van der Waals surface area contributed by atoms with Crippen LogP contribution in [0.1, 0.15) is 15.9 Å². The van der Waals surface area contributed by atoms with Crippen molar-refractivity contribution in [3.8, 4) is 17.0 Å². The lowest BCUT2D eigenvalue weighted by atomic mass is 10.1. The lowest BCUT2D eigenvalue weighted by Crippen LogP contribution is -2.13. The molecule has 1 amide bonds. The second-order valence-electron chi connectivity index (χ2n) is 6.29. The van der Waals surface area contributed by atoms with E-state index in [-0.39, 0.29) is 5.91 Å². The summed E-state index contributed by atoms with van der Waals surface area (Å²) in [4.78, 5) is 21.5. The molecular formula is C21H17BrN4O2. The van der Waals surface area contributed by atoms with Crippen LogP contribution in [0.5, 0.6) is 5.75 Å². The number of ether oxygens (including phenoxy) is 1. The number of anilines is 1. The maximum Gasteiger partial charge on any atom is 0.256 e. The second kappa shape index (κ2) is 7.44. The summed E-state index contributed by atoms with van der Waals surface area (Å²) < 4.78 is 7.77. The smallest absolute Gasteiger partial charge is 0.256 e. The minimum absolute atomic E-state index is 0.172. The van der Waals surface area contributed by atoms with Gasteiger partial charge in [0.1, 0.15) is 0 Å². The number of rotatable bonds is 4. The molecule has 0 aliphatic rings. The Bertz CT molecular complexity index is 1190. The number of aryl methyl sites for hydroxylation is 1. The first-order chi connectivity index (χ1) is 13.5. The first-order valence-corrected chi connectivity index (χ1v) is 9.40. The van der Waals surface area contributed by atoms with E-state index < -0.39 is 0 Å². The molecule has 2 aromatic carbocycles. The molecule has 0 bridgehead atoms. The van der Waals surface area contributed by atoms with Crippen molar-refractivity contribution in [2.45, 2.75) is 6.92 Å². The van der Waals surface area contributed by atoms with Crippen molar-refractivity contribution in [2.24, 2.45) is 0 Å². The molecule has 140 valence electrons. The molecular weight excluding hydrogens is 420 g/mol. The third kappa shape index (κ3) is 3.48. The number of nitrogens with zero attached hydrogens (tertiary/aromatic N) is 3. The van der Waals surface area contributed by atoms with Crippen molar-refractivity contribution >= 4 is 33.3 Å². The van der Waals surface area contributed by atoms with Crippen LogP contribution in [0.2, 0.25) is 0 Å². The maximum atomic E-state index is 12.7. The summed E-state index contributed by atoms with van der Waals surface area (Å²) in [5, 5.41) is 2.99. The molecule has 0 unspecified atom stereocenters. The van der Waals surface area contributed by atoms with Crippen molar-refractivity contribution in [3.05, 3.63) is 76.7 Å². The molecule has 4 aromatic rings. The Morgan fingerprint density at radius 3 is 2.79 bits per heavy atom. The lowest BCUT2D eigenvalue weighted by Gasteiger charge is -2.11. The van der Waals surface area contributed by atoms with E-state index in [1.165, 1.54) is 0 Å². The van der Waals surface area contributed by atoms with Gasteiger partial charge in [-0.3, -0.25) is 9.20 Å². The van der Waals surface area contributed by atoms with Crippen LogP contribution in [-0.2, 0) is 0 Å². The van der Waals surface area contributed by atoms with Gasteiger partial charge in [0.15, 0.2) is 5.75 Å². The summed E-state index contributed by atoms with van der Waals surface area (Å²) in [5.74, 6) is 1.06. The van der Waals surface area contributed by atoms with E-state index in [0.29, 0.717) is 17.1 Å². The van der Waals surface area contributed by atoms with Crippen molar-refractivity contribution in [2.75, 3.05) is 12.4 Å². The fourth-order valence-electron chi connectivity index (χ4n) is 2.86. The van der Waals surface area contributed by atoms with Crippen molar-refractivity contribution < 1.29 is 9.53 Å². The zero-order valence-electron chi connectivity index (χ0n) is 15.3. The Morgan fingerprint density at radius 2 is 2.00 bits per heavy atom. The number of carbonyl (C=O) groups is 1. The summed E-state index contributed by atoms with van der Waals surface area (Å²) in [5.41, 5.74) is 3.93. The number of carbonyl (C=O) groups excluding carboxylic acids is 1. The summed E-state index contributed by atoms with van der Waals surface area (Å²) in [6.45, 7) is 1.95. The van der Waals surface area contributed by atoms with Gasteiger partial charge >= 0.3 is 0 Å². The minimum atomic E-state index is -0.172. The van der Waals surface area contributed by atoms with Gasteiger partial charge in [0.2, 0.25) is 5.78 Å². The van der Waals surface area contributed by atoms with Gasteiger partial charge in [0, 0.05) is 21.9 Å². The Kier molecular flexibility index (Phi) is 4.83. The van der Waals surface area contributed by atoms with E-state index in [0.717, 1.165) is 27.0 Å². The van der Waals surface area contributed by atoms with Crippen LogP contribution in [0.3, 0.4) is 0 Å². The average Bonchev–Trinajstić information content (AvgIpc) is 3.13. The van der Waals surface area contributed by atoms with E-state index in [1.54, 1.807) is 19.4 Å². The Hall–Kier alpha value is -3.19. The molecule has 0 radical (unpaired) electrons. The lowest BCUT2D eigenvalue weighted by molar-refractivity contribution is 0.102. The number of methoxy groups -OCH3 is 1. The minimum Gasteiger partial charge on any atom is -0.494 e. The average molecular weight is 437 g/mol. The van der Waals surface area contributed by atoms with Gasteiger partial charge in [-0.05, 0) is 46.6 Å². The topological polar surface area (TPSA) is 68.5 Å². The monoisotopic (exact) mass is 436 g/mol. The molecule has 0 saturated carbocycles. The Balaban J connectivity index is 1.67. The number of halogens is 1. The zero-order chi connectivity index (χ0) is 19.7. The largest absolute Gasteiger partial charge is 0.494 e. The quantitative estimate of drug-likeness (QED) is 0.502. The normalized spacial score (nSPS) is 10.8. The van der Waals surface area contributed by atoms with Crippen LogP contribution < -0.4 is 10.1 Å². The van der Waals surface area contributed by atoms with Gasteiger partial charge in [-0.25, -0.2) is 9.97 Å². The van der Waals surface area contributed by atoms with Crippen LogP contribution in [0.25, 0.3) is 17.0 Å². The summed E-state index contributed by atoms with van der Waals surface area (Å²) >= 11 is 3.42.